The second-order valence-corrected chi connectivity index (χ2v) is 16.9. The van der Waals surface area contributed by atoms with Crippen molar-refractivity contribution < 1.29 is 22.9 Å². The Hall–Kier alpha value is -2.53. The topological polar surface area (TPSA) is 82.2 Å². The average Bonchev–Trinajstić information content (AvgIpc) is 2.97. The average molecular weight is 695 g/mol. The van der Waals surface area contributed by atoms with Crippen molar-refractivity contribution in [1.82, 2.24) is 14.5 Å². The van der Waals surface area contributed by atoms with Gasteiger partial charge in [0.1, 0.15) is 11.4 Å². The molecular weight excluding hydrogens is 639 g/mol. The molecule has 0 spiro atoms. The van der Waals surface area contributed by atoms with Crippen LogP contribution in [-0.4, -0.2) is 83.6 Å². The lowest BCUT2D eigenvalue weighted by atomic mass is 9.85. The summed E-state index contributed by atoms with van der Waals surface area (Å²) >= 11 is 6.64. The van der Waals surface area contributed by atoms with E-state index in [1.807, 2.05) is 110 Å². The normalized spacial score (nSPS) is 16.6. The molecule has 8 nitrogen and oxygen atoms in total. The number of likely N-dealkylation sites (N-methyl/N-ethyl adjacent to an activating group) is 1. The van der Waals surface area contributed by atoms with Gasteiger partial charge in [0, 0.05) is 55.6 Å². The van der Waals surface area contributed by atoms with Gasteiger partial charge in [-0.15, -0.1) is 0 Å². The fourth-order valence-electron chi connectivity index (χ4n) is 5.43. The van der Waals surface area contributed by atoms with Crippen LogP contribution in [0.2, 0.25) is 5.02 Å². The predicted octanol–water partition coefficient (Wildman–Crippen LogP) is 6.88. The maximum Gasteiger partial charge on any atom is 0.293 e. The van der Waals surface area contributed by atoms with E-state index in [0.717, 1.165) is 16.7 Å². The Morgan fingerprint density at radius 2 is 1.70 bits per heavy atom. The molecule has 1 N–H and O–H groups in total. The SMILES string of the molecule is CC(C)(C)OC=O.CCC(NS(=O)C(C)(C)C)c1cccc(F)c1N1CCN(C(=O)[C@@H](C)C(CN(C)C)c2ccc(C)cc2Cl)CC1. The summed E-state index contributed by atoms with van der Waals surface area (Å²) in [6.07, 6.45) is 0.670. The van der Waals surface area contributed by atoms with Gasteiger partial charge in [-0.05, 0) is 97.8 Å². The van der Waals surface area contributed by atoms with Gasteiger partial charge in [-0.25, -0.2) is 13.3 Å². The molecule has 1 amide bonds. The molecule has 1 aliphatic rings. The zero-order chi connectivity index (χ0) is 35.7. The highest BCUT2D eigenvalue weighted by Crippen LogP contribution is 2.35. The van der Waals surface area contributed by atoms with Gasteiger partial charge in [0.05, 0.1) is 21.4 Å². The van der Waals surface area contributed by atoms with E-state index in [4.69, 9.17) is 11.6 Å². The molecule has 4 atom stereocenters. The first-order valence-corrected chi connectivity index (χ1v) is 17.9. The highest BCUT2D eigenvalue weighted by atomic mass is 35.5. The van der Waals surface area contributed by atoms with Crippen LogP contribution in [0.25, 0.3) is 0 Å². The number of carbonyl (C=O) groups is 2. The third-order valence-corrected chi connectivity index (χ3v) is 9.97. The number of halogens is 2. The van der Waals surface area contributed by atoms with Gasteiger partial charge in [-0.1, -0.05) is 49.7 Å². The Morgan fingerprint density at radius 3 is 2.17 bits per heavy atom. The van der Waals surface area contributed by atoms with Crippen LogP contribution in [0.5, 0.6) is 0 Å². The van der Waals surface area contributed by atoms with Crippen molar-refractivity contribution in [2.75, 3.05) is 51.7 Å². The van der Waals surface area contributed by atoms with Crippen molar-refractivity contribution in [2.24, 2.45) is 5.92 Å². The number of hydrogen-bond donors (Lipinski definition) is 1. The Kier molecular flexibility index (Phi) is 15.3. The summed E-state index contributed by atoms with van der Waals surface area (Å²) < 4.78 is 35.5. The van der Waals surface area contributed by atoms with Gasteiger partial charge in [0.25, 0.3) is 6.47 Å². The standard InChI is InChI=1S/C31H46ClFN4O2S.C5H10O2/c1-9-28(34-40(39)31(4,5)6)24-11-10-12-27(33)29(24)36-15-17-37(18-16-36)30(38)22(3)25(20-35(7)8)23-14-13-21(2)19-26(23)32;1-5(2,3)7-4-6/h10-14,19,22,25,28,34H,9,15-18,20H2,1-8H3;4H,1-3H3/t22-,25?,28?,40?;/m0./s1. The second kappa shape index (κ2) is 17.7. The highest BCUT2D eigenvalue weighted by Gasteiger charge is 2.34. The molecule has 1 heterocycles. The number of rotatable bonds is 11. The number of carbonyl (C=O) groups excluding carboxylic acids is 2. The van der Waals surface area contributed by atoms with E-state index < -0.39 is 15.7 Å². The van der Waals surface area contributed by atoms with Crippen LogP contribution in [0.1, 0.15) is 90.5 Å². The first kappa shape index (κ1) is 40.6. The maximum absolute atomic E-state index is 15.3. The molecule has 0 aliphatic carbocycles. The molecule has 2 aromatic rings. The lowest BCUT2D eigenvalue weighted by Gasteiger charge is -2.40. The third kappa shape index (κ3) is 12.1. The summed E-state index contributed by atoms with van der Waals surface area (Å²) in [5, 5.41) is 0.690. The van der Waals surface area contributed by atoms with Crippen molar-refractivity contribution in [3.8, 4) is 0 Å². The maximum atomic E-state index is 15.3. The van der Waals surface area contributed by atoms with E-state index in [1.54, 1.807) is 6.07 Å². The number of amides is 1. The quantitative estimate of drug-likeness (QED) is 0.259. The van der Waals surface area contributed by atoms with Crippen molar-refractivity contribution in [1.29, 1.82) is 0 Å². The van der Waals surface area contributed by atoms with Crippen molar-refractivity contribution in [3.63, 3.8) is 0 Å². The number of hydrogen-bond acceptors (Lipinski definition) is 6. The van der Waals surface area contributed by atoms with E-state index in [-0.39, 0.29) is 35.2 Å². The highest BCUT2D eigenvalue weighted by molar-refractivity contribution is 7.84. The molecule has 1 aliphatic heterocycles. The van der Waals surface area contributed by atoms with Gasteiger partial charge in [0.2, 0.25) is 5.91 Å². The first-order chi connectivity index (χ1) is 21.8. The van der Waals surface area contributed by atoms with Gasteiger partial charge >= 0.3 is 0 Å². The fourth-order valence-corrected chi connectivity index (χ4v) is 6.71. The van der Waals surface area contributed by atoms with Crippen LogP contribution in [0.15, 0.2) is 36.4 Å². The number of ether oxygens (including phenoxy) is 1. The van der Waals surface area contributed by atoms with Crippen LogP contribution in [0.4, 0.5) is 10.1 Å². The van der Waals surface area contributed by atoms with Crippen molar-refractivity contribution >= 4 is 40.7 Å². The fraction of sp³-hybridized carbons (Fsp3) is 0.611. The third-order valence-electron chi connectivity index (χ3n) is 8.03. The Labute approximate surface area is 289 Å². The summed E-state index contributed by atoms with van der Waals surface area (Å²) in [4.78, 5) is 29.4. The molecule has 0 radical (unpaired) electrons. The van der Waals surface area contributed by atoms with Crippen LogP contribution in [-0.2, 0) is 25.3 Å². The van der Waals surface area contributed by atoms with E-state index in [9.17, 15) is 13.8 Å². The van der Waals surface area contributed by atoms with E-state index in [2.05, 4.69) is 14.4 Å². The second-order valence-electron chi connectivity index (χ2n) is 14.5. The number of nitrogens with zero attached hydrogens (tertiary/aromatic N) is 3. The Morgan fingerprint density at radius 1 is 1.09 bits per heavy atom. The molecule has 1 saturated heterocycles. The minimum absolute atomic E-state index is 0.0492. The molecule has 264 valence electrons. The van der Waals surface area contributed by atoms with Crippen LogP contribution in [0.3, 0.4) is 0 Å². The number of anilines is 1. The Balaban J connectivity index is 0.000000984. The van der Waals surface area contributed by atoms with E-state index in [1.165, 1.54) is 6.07 Å². The van der Waals surface area contributed by atoms with Crippen molar-refractivity contribution in [3.05, 3.63) is 63.9 Å². The van der Waals surface area contributed by atoms with E-state index in [0.29, 0.717) is 56.3 Å². The molecule has 11 heteroatoms. The summed E-state index contributed by atoms with van der Waals surface area (Å²) in [6, 6.07) is 10.9. The molecule has 0 bridgehead atoms. The smallest absolute Gasteiger partial charge is 0.293 e. The van der Waals surface area contributed by atoms with Crippen LogP contribution in [0, 0.1) is 18.7 Å². The zero-order valence-corrected chi connectivity index (χ0v) is 31.7. The molecule has 47 heavy (non-hydrogen) atoms. The number of piperazine rings is 1. The number of nitrogens with one attached hydrogen (secondary N) is 1. The van der Waals surface area contributed by atoms with Crippen LogP contribution >= 0.6 is 11.6 Å². The first-order valence-electron chi connectivity index (χ1n) is 16.3. The lowest BCUT2D eigenvalue weighted by molar-refractivity contribution is -0.138. The van der Waals surface area contributed by atoms with Gasteiger partial charge < -0.3 is 19.4 Å². The van der Waals surface area contributed by atoms with Gasteiger partial charge in [-0.2, -0.15) is 0 Å². The summed E-state index contributed by atoms with van der Waals surface area (Å²) in [5.74, 6) is -0.524. The number of benzene rings is 2. The summed E-state index contributed by atoms with van der Waals surface area (Å²) in [5.41, 5.74) is 3.09. The molecule has 1 fully saturated rings. The molecule has 3 rings (SSSR count). The minimum Gasteiger partial charge on any atom is -0.462 e. The Bertz CT molecular complexity index is 1350. The predicted molar refractivity (Wildman–Crippen MR) is 193 cm³/mol. The van der Waals surface area contributed by atoms with Gasteiger partial charge in [0.15, 0.2) is 0 Å². The largest absolute Gasteiger partial charge is 0.462 e. The van der Waals surface area contributed by atoms with Gasteiger partial charge in [-0.3, -0.25) is 9.59 Å². The number of aryl methyl sites for hydroxylation is 1. The lowest BCUT2D eigenvalue weighted by Crippen LogP contribution is -2.51. The number of para-hydroxylation sites is 1. The zero-order valence-electron chi connectivity index (χ0n) is 30.2. The van der Waals surface area contributed by atoms with Crippen LogP contribution < -0.4 is 9.62 Å². The monoisotopic (exact) mass is 694 g/mol. The summed E-state index contributed by atoms with van der Waals surface area (Å²) in [6.45, 7) is 20.4. The molecule has 0 aromatic heterocycles. The molecule has 2 aromatic carbocycles. The molecule has 3 unspecified atom stereocenters. The minimum atomic E-state index is -1.29. The van der Waals surface area contributed by atoms with Crippen molar-refractivity contribution in [2.45, 2.75) is 91.0 Å². The summed E-state index contributed by atoms with van der Waals surface area (Å²) in [7, 11) is 2.72. The molecular formula is C36H56ClFN4O4S. The van der Waals surface area contributed by atoms with E-state index >= 15 is 4.39 Å². The molecule has 0 saturated carbocycles.